The molecule has 2 aromatic rings. The number of benzene rings is 1. The number of aryl methyl sites for hydroxylation is 1. The van der Waals surface area contributed by atoms with E-state index in [0.717, 1.165) is 31.6 Å². The number of rotatable bonds is 5. The molecule has 0 saturated carbocycles. The third-order valence-electron chi connectivity index (χ3n) is 3.83. The van der Waals surface area contributed by atoms with Crippen LogP contribution in [0.5, 0.6) is 5.88 Å². The molecule has 1 fully saturated rings. The van der Waals surface area contributed by atoms with Gasteiger partial charge in [-0.2, -0.15) is 10.2 Å². The number of hydrogen-bond acceptors (Lipinski definition) is 6. The normalized spacial score (nSPS) is 13.4. The summed E-state index contributed by atoms with van der Waals surface area (Å²) in [5.74, 6) is 0.721. The average Bonchev–Trinajstić information content (AvgIpc) is 3.14. The maximum absolute atomic E-state index is 12.0. The molecular weight excluding hydrogens is 318 g/mol. The smallest absolute Gasteiger partial charge is 0.262 e. The van der Waals surface area contributed by atoms with Crippen LogP contribution in [0.2, 0.25) is 0 Å². The summed E-state index contributed by atoms with van der Waals surface area (Å²) in [5.41, 5.74) is 1.85. The lowest BCUT2D eigenvalue weighted by Crippen LogP contribution is -2.23. The van der Waals surface area contributed by atoms with Crippen LogP contribution in [0.3, 0.4) is 0 Å². The number of amides is 1. The van der Waals surface area contributed by atoms with Gasteiger partial charge in [-0.05, 0) is 38.0 Å². The molecular formula is C18H19N5O2. The van der Waals surface area contributed by atoms with Crippen LogP contribution in [-0.2, 0) is 4.79 Å². The van der Waals surface area contributed by atoms with Crippen LogP contribution in [0, 0.1) is 18.3 Å². The molecule has 1 aliphatic heterocycles. The Balaban J connectivity index is 1.60. The monoisotopic (exact) mass is 337 g/mol. The maximum atomic E-state index is 12.0. The van der Waals surface area contributed by atoms with Gasteiger partial charge in [0.1, 0.15) is 0 Å². The molecule has 3 rings (SSSR count). The number of anilines is 2. The largest absolute Gasteiger partial charge is 0.467 e. The summed E-state index contributed by atoms with van der Waals surface area (Å²) in [4.78, 5) is 23.0. The second kappa shape index (κ2) is 7.62. The number of nitrogens with one attached hydrogen (secondary N) is 1. The van der Waals surface area contributed by atoms with Crippen molar-refractivity contribution in [3.8, 4) is 11.9 Å². The second-order valence-electron chi connectivity index (χ2n) is 5.87. The highest BCUT2D eigenvalue weighted by Crippen LogP contribution is 2.19. The Hall–Kier alpha value is -3.14. The van der Waals surface area contributed by atoms with Crippen LogP contribution in [-0.4, -0.2) is 35.6 Å². The van der Waals surface area contributed by atoms with E-state index in [1.165, 1.54) is 0 Å². The highest BCUT2D eigenvalue weighted by Gasteiger charge is 2.16. The molecule has 1 N–H and O–H groups in total. The number of aromatic nitrogens is 2. The van der Waals surface area contributed by atoms with Gasteiger partial charge >= 0.3 is 0 Å². The third kappa shape index (κ3) is 4.44. The fraction of sp³-hybridized carbons (Fsp3) is 0.333. The zero-order valence-corrected chi connectivity index (χ0v) is 14.0. The molecule has 1 saturated heterocycles. The lowest BCUT2D eigenvalue weighted by atomic mass is 10.2. The van der Waals surface area contributed by atoms with E-state index in [4.69, 9.17) is 10.00 Å². The maximum Gasteiger partial charge on any atom is 0.262 e. The predicted octanol–water partition coefficient (Wildman–Crippen LogP) is 2.27. The van der Waals surface area contributed by atoms with E-state index in [2.05, 4.69) is 20.2 Å². The van der Waals surface area contributed by atoms with Crippen molar-refractivity contribution in [1.82, 2.24) is 9.97 Å². The number of hydrogen-bond donors (Lipinski definition) is 1. The Bertz CT molecular complexity index is 809. The molecule has 0 radical (unpaired) electrons. The standard InChI is InChI=1S/C18H19N5O2/c1-13-9-17(22-18(20-13)23-7-2-3-8-23)25-12-16(24)21-15-6-4-5-14(10-15)11-19/h4-6,9-10H,2-3,7-8,12H2,1H3,(H,21,24). The van der Waals surface area contributed by atoms with Crippen molar-refractivity contribution in [3.05, 3.63) is 41.6 Å². The molecule has 0 aliphatic carbocycles. The van der Waals surface area contributed by atoms with Crippen molar-refractivity contribution in [1.29, 1.82) is 5.26 Å². The van der Waals surface area contributed by atoms with Gasteiger partial charge < -0.3 is 15.0 Å². The first-order chi connectivity index (χ1) is 12.1. The molecule has 7 nitrogen and oxygen atoms in total. The molecule has 1 amide bonds. The fourth-order valence-corrected chi connectivity index (χ4v) is 2.66. The molecule has 128 valence electrons. The van der Waals surface area contributed by atoms with Crippen LogP contribution in [0.1, 0.15) is 24.1 Å². The van der Waals surface area contributed by atoms with E-state index in [1.807, 2.05) is 13.0 Å². The Morgan fingerprint density at radius 3 is 2.88 bits per heavy atom. The summed E-state index contributed by atoms with van der Waals surface area (Å²) in [7, 11) is 0. The number of nitriles is 1. The van der Waals surface area contributed by atoms with Crippen LogP contribution >= 0.6 is 0 Å². The SMILES string of the molecule is Cc1cc(OCC(=O)Nc2cccc(C#N)c2)nc(N2CCCC2)n1. The van der Waals surface area contributed by atoms with Crippen molar-refractivity contribution in [2.24, 2.45) is 0 Å². The summed E-state index contributed by atoms with van der Waals surface area (Å²) in [6, 6.07) is 10.5. The number of ether oxygens (including phenoxy) is 1. The molecule has 0 atom stereocenters. The van der Waals surface area contributed by atoms with Crippen LogP contribution in [0.15, 0.2) is 30.3 Å². The van der Waals surface area contributed by atoms with Gasteiger partial charge in [0.15, 0.2) is 6.61 Å². The predicted molar refractivity (Wildman–Crippen MR) is 93.5 cm³/mol. The van der Waals surface area contributed by atoms with Crippen LogP contribution in [0.4, 0.5) is 11.6 Å². The average molecular weight is 337 g/mol. The highest BCUT2D eigenvalue weighted by atomic mass is 16.5. The number of carbonyl (C=O) groups excluding carboxylic acids is 1. The highest BCUT2D eigenvalue weighted by molar-refractivity contribution is 5.92. The minimum atomic E-state index is -0.311. The first-order valence-electron chi connectivity index (χ1n) is 8.17. The molecule has 7 heteroatoms. The number of nitrogens with zero attached hydrogens (tertiary/aromatic N) is 4. The molecule has 25 heavy (non-hydrogen) atoms. The van der Waals surface area contributed by atoms with Crippen molar-refractivity contribution in [3.63, 3.8) is 0 Å². The third-order valence-corrected chi connectivity index (χ3v) is 3.83. The van der Waals surface area contributed by atoms with Gasteiger partial charge in [0.2, 0.25) is 11.8 Å². The van der Waals surface area contributed by atoms with E-state index >= 15 is 0 Å². The van der Waals surface area contributed by atoms with Gasteiger partial charge in [-0.25, -0.2) is 4.98 Å². The summed E-state index contributed by atoms with van der Waals surface area (Å²) < 4.78 is 5.52. The summed E-state index contributed by atoms with van der Waals surface area (Å²) in [5, 5.41) is 11.6. The van der Waals surface area contributed by atoms with Gasteiger partial charge in [0, 0.05) is 30.5 Å². The summed E-state index contributed by atoms with van der Waals surface area (Å²) in [6.07, 6.45) is 2.27. The van der Waals surface area contributed by atoms with E-state index in [0.29, 0.717) is 23.1 Å². The van der Waals surface area contributed by atoms with Crippen molar-refractivity contribution >= 4 is 17.5 Å². The van der Waals surface area contributed by atoms with Gasteiger partial charge in [-0.3, -0.25) is 4.79 Å². The van der Waals surface area contributed by atoms with E-state index < -0.39 is 0 Å². The van der Waals surface area contributed by atoms with E-state index in [-0.39, 0.29) is 12.5 Å². The van der Waals surface area contributed by atoms with Gasteiger partial charge in [0.25, 0.3) is 5.91 Å². The van der Waals surface area contributed by atoms with Gasteiger partial charge in [-0.1, -0.05) is 6.07 Å². The second-order valence-corrected chi connectivity index (χ2v) is 5.87. The van der Waals surface area contributed by atoms with Gasteiger partial charge in [-0.15, -0.1) is 0 Å². The van der Waals surface area contributed by atoms with Crippen molar-refractivity contribution < 1.29 is 9.53 Å². The molecule has 0 bridgehead atoms. The Labute approximate surface area is 146 Å². The van der Waals surface area contributed by atoms with Crippen LogP contribution in [0.25, 0.3) is 0 Å². The minimum Gasteiger partial charge on any atom is -0.467 e. The lowest BCUT2D eigenvalue weighted by Gasteiger charge is -2.16. The summed E-state index contributed by atoms with van der Waals surface area (Å²) >= 11 is 0. The number of carbonyl (C=O) groups is 1. The van der Waals surface area contributed by atoms with Crippen molar-refractivity contribution in [2.75, 3.05) is 29.9 Å². The fourth-order valence-electron chi connectivity index (χ4n) is 2.66. The lowest BCUT2D eigenvalue weighted by molar-refractivity contribution is -0.118. The Morgan fingerprint density at radius 2 is 2.12 bits per heavy atom. The molecule has 0 unspecified atom stereocenters. The molecule has 1 aromatic carbocycles. The minimum absolute atomic E-state index is 0.160. The first-order valence-corrected chi connectivity index (χ1v) is 8.17. The van der Waals surface area contributed by atoms with E-state index in [9.17, 15) is 4.79 Å². The van der Waals surface area contributed by atoms with E-state index in [1.54, 1.807) is 30.3 Å². The zero-order valence-electron chi connectivity index (χ0n) is 14.0. The zero-order chi connectivity index (χ0) is 17.6. The molecule has 1 aliphatic rings. The summed E-state index contributed by atoms with van der Waals surface area (Å²) in [6.45, 7) is 3.60. The topological polar surface area (TPSA) is 91.1 Å². The van der Waals surface area contributed by atoms with Crippen LogP contribution < -0.4 is 15.0 Å². The first kappa shape index (κ1) is 16.7. The van der Waals surface area contributed by atoms with Gasteiger partial charge in [0.05, 0.1) is 11.6 Å². The molecule has 1 aromatic heterocycles. The Morgan fingerprint density at radius 1 is 1.32 bits per heavy atom. The molecule has 0 spiro atoms. The molecule has 2 heterocycles. The quantitative estimate of drug-likeness (QED) is 0.900. The van der Waals surface area contributed by atoms with Crippen molar-refractivity contribution in [2.45, 2.75) is 19.8 Å². The Kier molecular flexibility index (Phi) is 5.09.